The Labute approximate surface area is 194 Å². The van der Waals surface area contributed by atoms with Crippen LogP contribution in [0.4, 0.5) is 11.5 Å². The molecule has 0 saturated carbocycles. The molecular weight excluding hydrogens is 418 g/mol. The normalized spacial score (nSPS) is 13.8. The first kappa shape index (κ1) is 22.1. The molecule has 1 aliphatic heterocycles. The summed E-state index contributed by atoms with van der Waals surface area (Å²) in [6, 6.07) is 20.5. The fraction of sp³-hybridized carbons (Fsp3) is 0.320. The Morgan fingerprint density at radius 1 is 0.938 bits per heavy atom. The number of rotatable bonds is 7. The number of nitrogens with one attached hydrogen (secondary N) is 1. The standard InChI is InChI=1S/C25H29N5OS/c1-19-8-9-20(2)22(16-19)29-12-14-30(15-13-29)23-10-11-25(28-27-23)32-18-24(31)26-17-21-6-4-3-5-7-21/h3-11,16H,12-15,17-18H2,1-2H3,(H,26,31). The van der Waals surface area contributed by atoms with Gasteiger partial charge in [0.15, 0.2) is 5.82 Å². The lowest BCUT2D eigenvalue weighted by molar-refractivity contribution is -0.118. The highest BCUT2D eigenvalue weighted by molar-refractivity contribution is 7.99. The summed E-state index contributed by atoms with van der Waals surface area (Å²) in [6.45, 7) is 8.60. The van der Waals surface area contributed by atoms with E-state index in [0.29, 0.717) is 12.3 Å². The van der Waals surface area contributed by atoms with Gasteiger partial charge in [-0.15, -0.1) is 10.2 Å². The van der Waals surface area contributed by atoms with Gasteiger partial charge < -0.3 is 15.1 Å². The molecule has 1 aliphatic rings. The summed E-state index contributed by atoms with van der Waals surface area (Å²) >= 11 is 1.41. The van der Waals surface area contributed by atoms with Crippen molar-refractivity contribution < 1.29 is 4.79 Å². The first-order chi connectivity index (χ1) is 15.6. The number of carbonyl (C=O) groups excluding carboxylic acids is 1. The third kappa shape index (κ3) is 5.79. The maximum Gasteiger partial charge on any atom is 0.230 e. The number of aromatic nitrogens is 2. The maximum atomic E-state index is 12.1. The van der Waals surface area contributed by atoms with Crippen LogP contribution in [0.2, 0.25) is 0 Å². The second-order valence-electron chi connectivity index (χ2n) is 8.04. The highest BCUT2D eigenvalue weighted by Gasteiger charge is 2.20. The molecule has 0 radical (unpaired) electrons. The first-order valence-corrected chi connectivity index (χ1v) is 11.9. The highest BCUT2D eigenvalue weighted by atomic mass is 32.2. The molecule has 1 saturated heterocycles. The van der Waals surface area contributed by atoms with Crippen molar-refractivity contribution in [2.24, 2.45) is 0 Å². The molecule has 6 nitrogen and oxygen atoms in total. The predicted molar refractivity (Wildman–Crippen MR) is 131 cm³/mol. The molecule has 32 heavy (non-hydrogen) atoms. The van der Waals surface area contributed by atoms with Gasteiger partial charge in [-0.25, -0.2) is 0 Å². The van der Waals surface area contributed by atoms with Crippen LogP contribution in [0.25, 0.3) is 0 Å². The molecule has 0 bridgehead atoms. The van der Waals surface area contributed by atoms with Crippen molar-refractivity contribution in [2.45, 2.75) is 25.4 Å². The summed E-state index contributed by atoms with van der Waals surface area (Å²) in [6.07, 6.45) is 0. The summed E-state index contributed by atoms with van der Waals surface area (Å²) in [5, 5.41) is 12.4. The lowest BCUT2D eigenvalue weighted by Crippen LogP contribution is -2.47. The Kier molecular flexibility index (Phi) is 7.27. The molecule has 7 heteroatoms. The van der Waals surface area contributed by atoms with Crippen LogP contribution in [-0.2, 0) is 11.3 Å². The number of thioether (sulfide) groups is 1. The largest absolute Gasteiger partial charge is 0.368 e. The van der Waals surface area contributed by atoms with Crippen LogP contribution in [0.15, 0.2) is 65.7 Å². The molecule has 0 unspecified atom stereocenters. The molecule has 0 spiro atoms. The Bertz CT molecular complexity index is 1030. The molecule has 2 heterocycles. The van der Waals surface area contributed by atoms with Gasteiger partial charge in [0.2, 0.25) is 5.91 Å². The minimum absolute atomic E-state index is 0.00714. The summed E-state index contributed by atoms with van der Waals surface area (Å²) in [5.74, 6) is 1.21. The molecule has 1 aromatic heterocycles. The lowest BCUT2D eigenvalue weighted by atomic mass is 10.1. The highest BCUT2D eigenvalue weighted by Crippen LogP contribution is 2.24. The SMILES string of the molecule is Cc1ccc(C)c(N2CCN(c3ccc(SCC(=O)NCc4ccccc4)nn3)CC2)c1. The second-order valence-corrected chi connectivity index (χ2v) is 9.04. The Morgan fingerprint density at radius 2 is 1.69 bits per heavy atom. The molecular formula is C25H29N5OS. The third-order valence-electron chi connectivity index (χ3n) is 5.62. The quantitative estimate of drug-likeness (QED) is 0.556. The molecule has 0 aliphatic carbocycles. The number of amides is 1. The Hall–Kier alpha value is -3.06. The van der Waals surface area contributed by atoms with Crippen molar-refractivity contribution in [1.82, 2.24) is 15.5 Å². The van der Waals surface area contributed by atoms with Crippen LogP contribution in [-0.4, -0.2) is 48.0 Å². The number of anilines is 2. The number of nitrogens with zero attached hydrogens (tertiary/aromatic N) is 4. The van der Waals surface area contributed by atoms with Crippen molar-refractivity contribution in [3.8, 4) is 0 Å². The first-order valence-electron chi connectivity index (χ1n) is 10.9. The van der Waals surface area contributed by atoms with Crippen LogP contribution >= 0.6 is 11.8 Å². The van der Waals surface area contributed by atoms with Crippen LogP contribution < -0.4 is 15.1 Å². The average molecular weight is 448 g/mol. The van der Waals surface area contributed by atoms with E-state index in [9.17, 15) is 4.79 Å². The van der Waals surface area contributed by atoms with Gasteiger partial charge in [-0.2, -0.15) is 0 Å². The summed E-state index contributed by atoms with van der Waals surface area (Å²) in [7, 11) is 0. The van der Waals surface area contributed by atoms with Gasteiger partial charge in [-0.1, -0.05) is 54.2 Å². The molecule has 1 amide bonds. The third-order valence-corrected chi connectivity index (χ3v) is 6.54. The van der Waals surface area contributed by atoms with E-state index in [1.54, 1.807) is 0 Å². The molecule has 1 N–H and O–H groups in total. The fourth-order valence-electron chi connectivity index (χ4n) is 3.78. The van der Waals surface area contributed by atoms with E-state index in [1.165, 1.54) is 28.6 Å². The van der Waals surface area contributed by atoms with Crippen molar-refractivity contribution >= 4 is 29.2 Å². The van der Waals surface area contributed by atoms with Gasteiger partial charge in [0.1, 0.15) is 5.03 Å². The number of aryl methyl sites for hydroxylation is 2. The minimum Gasteiger partial charge on any atom is -0.368 e. The van der Waals surface area contributed by atoms with E-state index >= 15 is 0 Å². The number of hydrogen-bond donors (Lipinski definition) is 1. The molecule has 4 rings (SSSR count). The van der Waals surface area contributed by atoms with Gasteiger partial charge in [-0.3, -0.25) is 4.79 Å². The number of benzene rings is 2. The summed E-state index contributed by atoms with van der Waals surface area (Å²) in [5.41, 5.74) is 5.03. The number of carbonyl (C=O) groups is 1. The van der Waals surface area contributed by atoms with E-state index < -0.39 is 0 Å². The second kappa shape index (κ2) is 10.5. The van der Waals surface area contributed by atoms with Crippen LogP contribution in [0.1, 0.15) is 16.7 Å². The zero-order chi connectivity index (χ0) is 22.3. The van der Waals surface area contributed by atoms with Gasteiger partial charge in [0.05, 0.1) is 5.75 Å². The predicted octanol–water partition coefficient (Wildman–Crippen LogP) is 3.83. The molecule has 0 atom stereocenters. The number of hydrogen-bond acceptors (Lipinski definition) is 6. The summed E-state index contributed by atoms with van der Waals surface area (Å²) in [4.78, 5) is 16.8. The van der Waals surface area contributed by atoms with Crippen LogP contribution in [0, 0.1) is 13.8 Å². The smallest absolute Gasteiger partial charge is 0.230 e. The average Bonchev–Trinajstić information content (AvgIpc) is 2.84. The topological polar surface area (TPSA) is 61.4 Å². The van der Waals surface area contributed by atoms with Crippen LogP contribution in [0.3, 0.4) is 0 Å². The van der Waals surface area contributed by atoms with E-state index in [1.807, 2.05) is 42.5 Å². The lowest BCUT2D eigenvalue weighted by Gasteiger charge is -2.37. The van der Waals surface area contributed by atoms with E-state index in [0.717, 1.165) is 42.6 Å². The Balaban J connectivity index is 1.24. The van der Waals surface area contributed by atoms with Crippen LogP contribution in [0.5, 0.6) is 0 Å². The molecule has 166 valence electrons. The van der Waals surface area contributed by atoms with E-state index in [4.69, 9.17) is 0 Å². The monoisotopic (exact) mass is 447 g/mol. The van der Waals surface area contributed by atoms with Crippen molar-refractivity contribution in [2.75, 3.05) is 41.7 Å². The van der Waals surface area contributed by atoms with Gasteiger partial charge in [-0.05, 0) is 48.7 Å². The Morgan fingerprint density at radius 3 is 2.41 bits per heavy atom. The zero-order valence-electron chi connectivity index (χ0n) is 18.6. The van der Waals surface area contributed by atoms with Crippen molar-refractivity contribution in [3.63, 3.8) is 0 Å². The van der Waals surface area contributed by atoms with E-state index in [2.05, 4.69) is 57.4 Å². The van der Waals surface area contributed by atoms with E-state index in [-0.39, 0.29) is 5.91 Å². The molecule has 2 aromatic carbocycles. The van der Waals surface area contributed by atoms with Gasteiger partial charge >= 0.3 is 0 Å². The van der Waals surface area contributed by atoms with Gasteiger partial charge in [0.25, 0.3) is 0 Å². The number of piperazine rings is 1. The summed E-state index contributed by atoms with van der Waals surface area (Å²) < 4.78 is 0. The fourth-order valence-corrected chi connectivity index (χ4v) is 4.43. The molecule has 1 fully saturated rings. The van der Waals surface area contributed by atoms with Crippen molar-refractivity contribution in [1.29, 1.82) is 0 Å². The maximum absolute atomic E-state index is 12.1. The van der Waals surface area contributed by atoms with Gasteiger partial charge in [0, 0.05) is 38.4 Å². The minimum atomic E-state index is -0.00714. The zero-order valence-corrected chi connectivity index (χ0v) is 19.4. The van der Waals surface area contributed by atoms with Crippen molar-refractivity contribution in [3.05, 3.63) is 77.4 Å². The molecule has 3 aromatic rings.